The van der Waals surface area contributed by atoms with Gasteiger partial charge in [0, 0.05) is 6.04 Å². The van der Waals surface area contributed by atoms with Crippen molar-refractivity contribution in [2.75, 3.05) is 14.2 Å². The predicted octanol–water partition coefficient (Wildman–Crippen LogP) is 2.89. The molecule has 0 aliphatic carbocycles. The van der Waals surface area contributed by atoms with Crippen molar-refractivity contribution in [3.05, 3.63) is 71.3 Å². The van der Waals surface area contributed by atoms with E-state index in [0.717, 1.165) is 16.7 Å². The Balaban J connectivity index is 2.09. The molecule has 1 fully saturated rings. The average molecular weight is 353 g/mol. The number of benzene rings is 2. The zero-order valence-corrected chi connectivity index (χ0v) is 15.2. The van der Waals surface area contributed by atoms with Crippen molar-refractivity contribution in [1.82, 2.24) is 5.32 Å². The number of aryl methyl sites for hydroxylation is 1. The Labute approximate surface area is 153 Å². The Morgan fingerprint density at radius 2 is 1.65 bits per heavy atom. The van der Waals surface area contributed by atoms with E-state index in [2.05, 4.69) is 5.32 Å². The second kappa shape index (κ2) is 7.30. The van der Waals surface area contributed by atoms with Crippen molar-refractivity contribution in [2.24, 2.45) is 5.92 Å². The number of rotatable bonds is 4. The lowest BCUT2D eigenvalue weighted by molar-refractivity contribution is -0.149. The molecule has 3 atom stereocenters. The Morgan fingerprint density at radius 1 is 1.00 bits per heavy atom. The molecule has 5 nitrogen and oxygen atoms in total. The average Bonchev–Trinajstić information content (AvgIpc) is 3.10. The number of carbonyl (C=O) groups is 2. The van der Waals surface area contributed by atoms with Gasteiger partial charge in [-0.25, -0.2) is 4.79 Å². The van der Waals surface area contributed by atoms with Gasteiger partial charge in [0.15, 0.2) is 0 Å². The topological polar surface area (TPSA) is 64.6 Å². The molecule has 2 aromatic carbocycles. The molecule has 5 heteroatoms. The predicted molar refractivity (Wildman–Crippen MR) is 97.3 cm³/mol. The Morgan fingerprint density at radius 3 is 2.23 bits per heavy atom. The van der Waals surface area contributed by atoms with Gasteiger partial charge in [-0.15, -0.1) is 0 Å². The molecule has 0 radical (unpaired) electrons. The monoisotopic (exact) mass is 353 g/mol. The highest BCUT2D eigenvalue weighted by Crippen LogP contribution is 2.45. The minimum atomic E-state index is -1.10. The van der Waals surface area contributed by atoms with E-state index in [0.29, 0.717) is 0 Å². The first kappa shape index (κ1) is 18.1. The Hall–Kier alpha value is -2.66. The lowest BCUT2D eigenvalue weighted by Gasteiger charge is -2.28. The highest BCUT2D eigenvalue weighted by Gasteiger charge is 2.54. The summed E-state index contributed by atoms with van der Waals surface area (Å²) < 4.78 is 10.1. The molecule has 0 unspecified atom stereocenters. The molecule has 1 aliphatic heterocycles. The lowest BCUT2D eigenvalue weighted by atomic mass is 9.84. The quantitative estimate of drug-likeness (QED) is 0.856. The first-order valence-corrected chi connectivity index (χ1v) is 8.58. The highest BCUT2D eigenvalue weighted by molar-refractivity contribution is 5.86. The van der Waals surface area contributed by atoms with E-state index < -0.39 is 17.4 Å². The molecule has 136 valence electrons. The summed E-state index contributed by atoms with van der Waals surface area (Å²) in [6, 6.07) is 17.0. The SMILES string of the molecule is COC(=O)[C@@H]1C[C@@](C(=O)OC)(c2ccc(C)cc2)N[C@@H]1c1ccccc1. The summed E-state index contributed by atoms with van der Waals surface area (Å²) in [7, 11) is 2.73. The van der Waals surface area contributed by atoms with Crippen LogP contribution in [-0.4, -0.2) is 26.2 Å². The summed E-state index contributed by atoms with van der Waals surface area (Å²) in [5.74, 6) is -1.25. The molecule has 0 aromatic heterocycles. The van der Waals surface area contributed by atoms with Crippen molar-refractivity contribution in [3.63, 3.8) is 0 Å². The zero-order chi connectivity index (χ0) is 18.7. The van der Waals surface area contributed by atoms with Crippen molar-refractivity contribution in [2.45, 2.75) is 24.9 Å². The molecule has 2 aromatic rings. The number of methoxy groups -OCH3 is 2. The number of ether oxygens (including phenoxy) is 2. The van der Waals surface area contributed by atoms with Gasteiger partial charge >= 0.3 is 11.9 Å². The van der Waals surface area contributed by atoms with Gasteiger partial charge in [0.05, 0.1) is 20.1 Å². The third kappa shape index (κ3) is 3.10. The molecule has 0 amide bonds. The number of nitrogens with one attached hydrogen (secondary N) is 1. The maximum Gasteiger partial charge on any atom is 0.330 e. The molecule has 1 heterocycles. The van der Waals surface area contributed by atoms with Gasteiger partial charge < -0.3 is 9.47 Å². The summed E-state index contributed by atoms with van der Waals surface area (Å²) in [4.78, 5) is 25.3. The van der Waals surface area contributed by atoms with Crippen molar-refractivity contribution in [3.8, 4) is 0 Å². The van der Waals surface area contributed by atoms with Crippen molar-refractivity contribution in [1.29, 1.82) is 0 Å². The van der Waals surface area contributed by atoms with Crippen LogP contribution in [0.2, 0.25) is 0 Å². The maximum absolute atomic E-state index is 12.8. The molecular formula is C21H23NO4. The lowest BCUT2D eigenvalue weighted by Crippen LogP contribution is -2.46. The highest BCUT2D eigenvalue weighted by atomic mass is 16.5. The van der Waals surface area contributed by atoms with E-state index in [9.17, 15) is 9.59 Å². The van der Waals surface area contributed by atoms with Crippen LogP contribution in [0.3, 0.4) is 0 Å². The van der Waals surface area contributed by atoms with E-state index in [1.54, 1.807) is 0 Å². The fourth-order valence-electron chi connectivity index (χ4n) is 3.69. The van der Waals surface area contributed by atoms with Crippen molar-refractivity contribution >= 4 is 11.9 Å². The number of esters is 2. The van der Waals surface area contributed by atoms with Gasteiger partial charge in [-0.05, 0) is 24.5 Å². The summed E-state index contributed by atoms with van der Waals surface area (Å²) in [6.45, 7) is 1.99. The molecule has 0 spiro atoms. The number of carbonyl (C=O) groups excluding carboxylic acids is 2. The van der Waals surface area contributed by atoms with E-state index in [4.69, 9.17) is 9.47 Å². The molecule has 3 rings (SSSR count). The first-order valence-electron chi connectivity index (χ1n) is 8.58. The second-order valence-corrected chi connectivity index (χ2v) is 6.63. The molecule has 1 saturated heterocycles. The molecular weight excluding hydrogens is 330 g/mol. The van der Waals surface area contributed by atoms with Crippen molar-refractivity contribution < 1.29 is 19.1 Å². The Bertz CT molecular complexity index is 787. The fourth-order valence-corrected chi connectivity index (χ4v) is 3.69. The first-order chi connectivity index (χ1) is 12.5. The van der Waals surface area contributed by atoms with Gasteiger partial charge in [-0.3, -0.25) is 10.1 Å². The molecule has 0 bridgehead atoms. The summed E-state index contributed by atoms with van der Waals surface area (Å²) in [5.41, 5.74) is 1.71. The standard InChI is InChI=1S/C21H23NO4/c1-14-9-11-16(12-10-14)21(20(24)26-3)13-17(19(23)25-2)18(22-21)15-7-5-4-6-8-15/h4-12,17-18,22H,13H2,1-3H3/t17-,18-,21+/m1/s1. The van der Waals surface area contributed by atoms with Crippen LogP contribution in [0.25, 0.3) is 0 Å². The van der Waals surface area contributed by atoms with Gasteiger partial charge in [0.25, 0.3) is 0 Å². The number of hydrogen-bond acceptors (Lipinski definition) is 5. The third-order valence-corrected chi connectivity index (χ3v) is 5.07. The molecule has 1 N–H and O–H groups in total. The second-order valence-electron chi connectivity index (χ2n) is 6.63. The molecule has 0 saturated carbocycles. The third-order valence-electron chi connectivity index (χ3n) is 5.07. The van der Waals surface area contributed by atoms with E-state index >= 15 is 0 Å². The van der Waals surface area contributed by atoms with Crippen LogP contribution >= 0.6 is 0 Å². The van der Waals surface area contributed by atoms with Crippen LogP contribution in [0, 0.1) is 12.8 Å². The normalized spacial score (nSPS) is 24.9. The van der Waals surface area contributed by atoms with Gasteiger partial charge in [0.2, 0.25) is 0 Å². The zero-order valence-electron chi connectivity index (χ0n) is 15.2. The minimum absolute atomic E-state index is 0.273. The minimum Gasteiger partial charge on any atom is -0.469 e. The van der Waals surface area contributed by atoms with Crippen LogP contribution in [0.5, 0.6) is 0 Å². The van der Waals surface area contributed by atoms with Crippen LogP contribution in [0.15, 0.2) is 54.6 Å². The molecule has 1 aliphatic rings. The van der Waals surface area contributed by atoms with Crippen LogP contribution in [0.1, 0.15) is 29.2 Å². The van der Waals surface area contributed by atoms with Crippen LogP contribution in [0.4, 0.5) is 0 Å². The summed E-state index contributed by atoms with van der Waals surface area (Å²) in [6.07, 6.45) is 0.273. The van der Waals surface area contributed by atoms with Crippen LogP contribution < -0.4 is 5.32 Å². The van der Waals surface area contributed by atoms with Gasteiger partial charge in [-0.2, -0.15) is 0 Å². The molecule has 26 heavy (non-hydrogen) atoms. The summed E-state index contributed by atoms with van der Waals surface area (Å²) >= 11 is 0. The fraction of sp³-hybridized carbons (Fsp3) is 0.333. The van der Waals surface area contributed by atoms with Crippen LogP contribution in [-0.2, 0) is 24.6 Å². The van der Waals surface area contributed by atoms with Gasteiger partial charge in [0.1, 0.15) is 5.54 Å². The summed E-state index contributed by atoms with van der Waals surface area (Å²) in [5, 5.41) is 3.40. The largest absolute Gasteiger partial charge is 0.469 e. The van der Waals surface area contributed by atoms with E-state index in [1.165, 1.54) is 14.2 Å². The smallest absolute Gasteiger partial charge is 0.330 e. The maximum atomic E-state index is 12.8. The van der Waals surface area contributed by atoms with E-state index in [1.807, 2.05) is 61.5 Å². The number of hydrogen-bond donors (Lipinski definition) is 1. The van der Waals surface area contributed by atoms with E-state index in [-0.39, 0.29) is 18.4 Å². The Kier molecular flexibility index (Phi) is 5.09. The van der Waals surface area contributed by atoms with Gasteiger partial charge in [-0.1, -0.05) is 60.2 Å².